The molecule has 0 saturated carbocycles. The van der Waals surface area contributed by atoms with E-state index in [2.05, 4.69) is 10.0 Å². The molecule has 0 atom stereocenters. The summed E-state index contributed by atoms with van der Waals surface area (Å²) in [6.07, 6.45) is -0.807. The van der Waals surface area contributed by atoms with E-state index in [1.54, 1.807) is 60.7 Å². The zero-order valence-corrected chi connectivity index (χ0v) is 16.6. The first-order valence-corrected chi connectivity index (χ1v) is 10.3. The second-order valence-electron chi connectivity index (χ2n) is 5.81. The van der Waals surface area contributed by atoms with Crippen molar-refractivity contribution in [2.75, 3.05) is 5.32 Å². The van der Waals surface area contributed by atoms with Gasteiger partial charge < -0.3 is 8.92 Å². The average molecular weight is 433 g/mol. The minimum Gasteiger partial charge on any atom is -0.406 e. The third-order valence-electron chi connectivity index (χ3n) is 3.64. The van der Waals surface area contributed by atoms with Gasteiger partial charge in [-0.15, -0.1) is 0 Å². The molecule has 0 aliphatic rings. The van der Waals surface area contributed by atoms with Gasteiger partial charge in [-0.2, -0.15) is 13.1 Å². The van der Waals surface area contributed by atoms with Gasteiger partial charge in [0.05, 0.1) is 0 Å². The Morgan fingerprint density at radius 2 is 1.48 bits per heavy atom. The number of carbonyl (C=O) groups excluding carboxylic acids is 1. The summed E-state index contributed by atoms with van der Waals surface area (Å²) in [5.74, 6) is -0.177. The standard InChI is InChI=1S/C20H17ClN2O5S/c21-16-10-12-17(13-11-16)23-20(24)27-18-8-4-5-9-19(18)28-29(25,26)22-14-15-6-2-1-3-7-15/h1-13,22H,14H2,(H,23,24). The summed E-state index contributed by atoms with van der Waals surface area (Å²) in [6.45, 7) is 0.0588. The molecule has 29 heavy (non-hydrogen) atoms. The van der Waals surface area contributed by atoms with E-state index in [1.165, 1.54) is 12.1 Å². The third-order valence-corrected chi connectivity index (χ3v) is 4.79. The van der Waals surface area contributed by atoms with Crippen molar-refractivity contribution in [3.05, 3.63) is 89.4 Å². The van der Waals surface area contributed by atoms with Gasteiger partial charge in [0.25, 0.3) is 0 Å². The van der Waals surface area contributed by atoms with Crippen molar-refractivity contribution in [2.24, 2.45) is 0 Å². The molecule has 1 amide bonds. The van der Waals surface area contributed by atoms with Gasteiger partial charge in [0, 0.05) is 17.3 Å². The summed E-state index contributed by atoms with van der Waals surface area (Å²) in [5, 5.41) is 3.04. The van der Waals surface area contributed by atoms with Crippen LogP contribution < -0.4 is 19.0 Å². The maximum absolute atomic E-state index is 12.2. The fourth-order valence-electron chi connectivity index (χ4n) is 2.30. The Balaban J connectivity index is 1.64. The summed E-state index contributed by atoms with van der Waals surface area (Å²) in [4.78, 5) is 12.1. The topological polar surface area (TPSA) is 93.7 Å². The van der Waals surface area contributed by atoms with Gasteiger partial charge >= 0.3 is 16.4 Å². The molecular weight excluding hydrogens is 416 g/mol. The molecule has 0 aromatic heterocycles. The van der Waals surface area contributed by atoms with Crippen molar-refractivity contribution in [1.29, 1.82) is 0 Å². The molecule has 3 rings (SSSR count). The van der Waals surface area contributed by atoms with Crippen molar-refractivity contribution in [3.63, 3.8) is 0 Å². The molecule has 3 aromatic carbocycles. The lowest BCUT2D eigenvalue weighted by Crippen LogP contribution is -2.28. The van der Waals surface area contributed by atoms with Crippen LogP contribution in [0.2, 0.25) is 5.02 Å². The Bertz CT molecular complexity index is 1070. The number of halogens is 1. The molecule has 7 nitrogen and oxygen atoms in total. The van der Waals surface area contributed by atoms with Crippen molar-refractivity contribution < 1.29 is 22.1 Å². The number of benzene rings is 3. The van der Waals surface area contributed by atoms with Gasteiger partial charge in [-0.25, -0.2) is 4.79 Å². The quantitative estimate of drug-likeness (QED) is 0.578. The van der Waals surface area contributed by atoms with E-state index in [0.717, 1.165) is 5.56 Å². The van der Waals surface area contributed by atoms with Crippen LogP contribution in [-0.4, -0.2) is 14.5 Å². The fraction of sp³-hybridized carbons (Fsp3) is 0.0500. The summed E-state index contributed by atoms with van der Waals surface area (Å²) in [7, 11) is -4.13. The molecule has 0 unspecified atom stereocenters. The zero-order valence-electron chi connectivity index (χ0n) is 15.0. The number of para-hydroxylation sites is 2. The highest BCUT2D eigenvalue weighted by molar-refractivity contribution is 7.85. The Labute approximate surface area is 173 Å². The normalized spacial score (nSPS) is 10.9. The number of amides is 1. The highest BCUT2D eigenvalue weighted by Crippen LogP contribution is 2.28. The summed E-state index contributed by atoms with van der Waals surface area (Å²) < 4.78 is 37.0. The van der Waals surface area contributed by atoms with Crippen LogP contribution in [0.5, 0.6) is 11.5 Å². The van der Waals surface area contributed by atoms with E-state index in [9.17, 15) is 13.2 Å². The second-order valence-corrected chi connectivity index (χ2v) is 7.61. The van der Waals surface area contributed by atoms with Crippen molar-refractivity contribution in [1.82, 2.24) is 4.72 Å². The maximum atomic E-state index is 12.2. The first-order valence-electron chi connectivity index (χ1n) is 8.48. The smallest absolute Gasteiger partial charge is 0.406 e. The van der Waals surface area contributed by atoms with Crippen LogP contribution in [0.1, 0.15) is 5.56 Å². The van der Waals surface area contributed by atoms with Crippen molar-refractivity contribution >= 4 is 33.7 Å². The number of hydrogen-bond acceptors (Lipinski definition) is 5. The lowest BCUT2D eigenvalue weighted by atomic mass is 10.2. The van der Waals surface area contributed by atoms with Crippen molar-refractivity contribution in [3.8, 4) is 11.5 Å². The van der Waals surface area contributed by atoms with Crippen LogP contribution >= 0.6 is 11.6 Å². The molecule has 0 radical (unpaired) electrons. The number of nitrogens with one attached hydrogen (secondary N) is 2. The minimum atomic E-state index is -4.13. The minimum absolute atomic E-state index is 0.0518. The van der Waals surface area contributed by atoms with Crippen LogP contribution in [0, 0.1) is 0 Å². The van der Waals surface area contributed by atoms with Crippen LogP contribution in [0.15, 0.2) is 78.9 Å². The van der Waals surface area contributed by atoms with Gasteiger partial charge in [0.1, 0.15) is 0 Å². The Hall–Kier alpha value is -3.07. The molecule has 9 heteroatoms. The fourth-order valence-corrected chi connectivity index (χ4v) is 3.20. The molecule has 0 fully saturated rings. The van der Waals surface area contributed by atoms with E-state index < -0.39 is 16.4 Å². The molecule has 0 aliphatic heterocycles. The Morgan fingerprint density at radius 1 is 0.862 bits per heavy atom. The summed E-state index contributed by atoms with van der Waals surface area (Å²) in [5.41, 5.74) is 1.24. The number of ether oxygens (including phenoxy) is 1. The highest BCUT2D eigenvalue weighted by Gasteiger charge is 2.17. The lowest BCUT2D eigenvalue weighted by molar-refractivity contribution is 0.214. The first kappa shape index (κ1) is 20.7. The number of hydrogen-bond donors (Lipinski definition) is 2. The van der Waals surface area contributed by atoms with Gasteiger partial charge in [-0.05, 0) is 42.0 Å². The Kier molecular flexibility index (Phi) is 6.71. The van der Waals surface area contributed by atoms with Gasteiger partial charge in [0.2, 0.25) is 0 Å². The van der Waals surface area contributed by atoms with Crippen LogP contribution in [0.4, 0.5) is 10.5 Å². The van der Waals surface area contributed by atoms with E-state index in [1.807, 2.05) is 6.07 Å². The maximum Gasteiger partial charge on any atom is 0.417 e. The van der Waals surface area contributed by atoms with Crippen LogP contribution in [0.3, 0.4) is 0 Å². The van der Waals surface area contributed by atoms with E-state index in [4.69, 9.17) is 20.5 Å². The molecule has 0 spiro atoms. The first-order chi connectivity index (χ1) is 13.9. The molecule has 0 aliphatic carbocycles. The number of anilines is 1. The predicted octanol–water partition coefficient (Wildman–Crippen LogP) is 4.36. The van der Waals surface area contributed by atoms with Crippen molar-refractivity contribution in [2.45, 2.75) is 6.54 Å². The molecular formula is C20H17ClN2O5S. The summed E-state index contributed by atoms with van der Waals surface area (Å²) >= 11 is 5.80. The van der Waals surface area contributed by atoms with E-state index in [-0.39, 0.29) is 18.0 Å². The molecule has 0 heterocycles. The predicted molar refractivity (Wildman–Crippen MR) is 110 cm³/mol. The molecule has 150 valence electrons. The number of rotatable bonds is 7. The monoisotopic (exact) mass is 432 g/mol. The molecule has 2 N–H and O–H groups in total. The Morgan fingerprint density at radius 3 is 2.17 bits per heavy atom. The van der Waals surface area contributed by atoms with E-state index in [0.29, 0.717) is 10.7 Å². The van der Waals surface area contributed by atoms with Gasteiger partial charge in [-0.3, -0.25) is 5.32 Å². The second kappa shape index (κ2) is 9.42. The highest BCUT2D eigenvalue weighted by atomic mass is 35.5. The van der Waals surface area contributed by atoms with Gasteiger partial charge in [-0.1, -0.05) is 54.1 Å². The molecule has 0 saturated heterocycles. The zero-order chi connectivity index (χ0) is 20.7. The average Bonchev–Trinajstić information content (AvgIpc) is 2.70. The van der Waals surface area contributed by atoms with Crippen LogP contribution in [0.25, 0.3) is 0 Å². The van der Waals surface area contributed by atoms with Crippen LogP contribution in [-0.2, 0) is 16.8 Å². The number of carbonyl (C=O) groups is 1. The molecule has 3 aromatic rings. The largest absolute Gasteiger partial charge is 0.417 e. The SMILES string of the molecule is O=C(Nc1ccc(Cl)cc1)Oc1ccccc1OS(=O)(=O)NCc1ccccc1. The molecule has 0 bridgehead atoms. The van der Waals surface area contributed by atoms with E-state index >= 15 is 0 Å². The summed E-state index contributed by atoms with van der Waals surface area (Å²) in [6, 6.07) is 21.4. The lowest BCUT2D eigenvalue weighted by Gasteiger charge is -2.12. The third kappa shape index (κ3) is 6.49. The van der Waals surface area contributed by atoms with Gasteiger partial charge in [0.15, 0.2) is 11.5 Å².